The van der Waals surface area contributed by atoms with Gasteiger partial charge in [-0.3, -0.25) is 4.79 Å². The van der Waals surface area contributed by atoms with Crippen molar-refractivity contribution in [2.24, 2.45) is 5.73 Å². The molecule has 0 aromatic carbocycles. The molecule has 0 radical (unpaired) electrons. The van der Waals surface area contributed by atoms with Crippen LogP contribution in [0.25, 0.3) is 0 Å². The molecule has 0 spiro atoms. The molecule has 1 saturated heterocycles. The van der Waals surface area contributed by atoms with Gasteiger partial charge >= 0.3 is 0 Å². The summed E-state index contributed by atoms with van der Waals surface area (Å²) in [6.45, 7) is 7.58. The summed E-state index contributed by atoms with van der Waals surface area (Å²) in [5.41, 5.74) is 5.05. The normalized spacial score (nSPS) is 21.2. The molecule has 4 nitrogen and oxygen atoms in total. The van der Waals surface area contributed by atoms with E-state index in [2.05, 4.69) is 11.8 Å². The minimum atomic E-state index is -0.299. The van der Waals surface area contributed by atoms with Crippen LogP contribution in [0.2, 0.25) is 0 Å². The number of nitrogens with two attached hydrogens (primary N) is 1. The quantitative estimate of drug-likeness (QED) is 0.802. The van der Waals surface area contributed by atoms with Crippen LogP contribution in [-0.2, 0) is 4.74 Å². The Bertz CT molecular complexity index is 554. The highest BCUT2D eigenvalue weighted by atomic mass is 32.1. The number of nitrogens with zero attached hydrogens (tertiary/aromatic N) is 1. The van der Waals surface area contributed by atoms with Gasteiger partial charge in [0.05, 0.1) is 28.0 Å². The summed E-state index contributed by atoms with van der Waals surface area (Å²) in [5, 5.41) is 0. The Morgan fingerprint density at radius 1 is 1.60 bits per heavy atom. The topological polar surface area (TPSA) is 55.6 Å². The molecule has 0 aliphatic carbocycles. The van der Waals surface area contributed by atoms with Gasteiger partial charge in [0.1, 0.15) is 0 Å². The molecule has 0 bridgehead atoms. The zero-order valence-electron chi connectivity index (χ0n) is 12.1. The number of morpholine rings is 1. The first-order valence-electron chi connectivity index (χ1n) is 6.67. The van der Waals surface area contributed by atoms with Crippen LogP contribution in [0.4, 0.5) is 0 Å². The van der Waals surface area contributed by atoms with Gasteiger partial charge in [0, 0.05) is 13.1 Å². The first kappa shape index (κ1) is 15.0. The van der Waals surface area contributed by atoms with Crippen LogP contribution in [0.15, 0.2) is 12.1 Å². The molecule has 5 heteroatoms. The van der Waals surface area contributed by atoms with Crippen LogP contribution >= 0.6 is 11.3 Å². The molecule has 1 atom stereocenters. The first-order valence-corrected chi connectivity index (χ1v) is 7.49. The van der Waals surface area contributed by atoms with E-state index in [0.717, 1.165) is 9.75 Å². The Kier molecular flexibility index (Phi) is 4.48. The molecule has 1 aliphatic heterocycles. The van der Waals surface area contributed by atoms with Gasteiger partial charge in [-0.05, 0) is 32.9 Å². The maximum atomic E-state index is 12.5. The highest BCUT2D eigenvalue weighted by Crippen LogP contribution is 2.24. The molecule has 2 N–H and O–H groups in total. The summed E-state index contributed by atoms with van der Waals surface area (Å²) < 4.78 is 5.82. The predicted octanol–water partition coefficient (Wildman–Crippen LogP) is 1.70. The second-order valence-corrected chi connectivity index (χ2v) is 6.63. The molecule has 1 amide bonds. The molecule has 1 aromatic heterocycles. The molecular weight excluding hydrogens is 272 g/mol. The smallest absolute Gasteiger partial charge is 0.264 e. The molecule has 20 heavy (non-hydrogen) atoms. The lowest BCUT2D eigenvalue weighted by atomic mass is 10.1. The van der Waals surface area contributed by atoms with Crippen molar-refractivity contribution in [3.8, 4) is 11.8 Å². The van der Waals surface area contributed by atoms with Crippen molar-refractivity contribution < 1.29 is 9.53 Å². The first-order chi connectivity index (χ1) is 9.41. The third-order valence-corrected chi connectivity index (χ3v) is 3.98. The monoisotopic (exact) mass is 292 g/mol. The van der Waals surface area contributed by atoms with E-state index in [9.17, 15) is 4.79 Å². The van der Waals surface area contributed by atoms with Crippen molar-refractivity contribution in [1.82, 2.24) is 4.90 Å². The van der Waals surface area contributed by atoms with Gasteiger partial charge in [-0.1, -0.05) is 11.8 Å². The molecule has 1 unspecified atom stereocenters. The lowest BCUT2D eigenvalue weighted by molar-refractivity contribution is -0.118. The highest BCUT2D eigenvalue weighted by Gasteiger charge is 2.34. The second kappa shape index (κ2) is 5.96. The summed E-state index contributed by atoms with van der Waals surface area (Å²) in [6.07, 6.45) is 0.0548. The fourth-order valence-electron chi connectivity index (χ4n) is 2.42. The number of hydrogen-bond acceptors (Lipinski definition) is 4. The Hall–Kier alpha value is -1.35. The summed E-state index contributed by atoms with van der Waals surface area (Å²) in [5.74, 6) is 5.81. The number of amides is 1. The van der Waals surface area contributed by atoms with E-state index in [-0.39, 0.29) is 17.6 Å². The van der Waals surface area contributed by atoms with Gasteiger partial charge in [0.2, 0.25) is 0 Å². The Morgan fingerprint density at radius 2 is 2.35 bits per heavy atom. The number of carbonyl (C=O) groups is 1. The number of hydrogen-bond donors (Lipinski definition) is 1. The Balaban J connectivity index is 2.12. The van der Waals surface area contributed by atoms with Crippen LogP contribution in [0.3, 0.4) is 0 Å². The lowest BCUT2D eigenvalue weighted by Gasteiger charge is -2.41. The fourth-order valence-corrected chi connectivity index (χ4v) is 3.27. The maximum absolute atomic E-state index is 12.5. The summed E-state index contributed by atoms with van der Waals surface area (Å²) in [4.78, 5) is 16.0. The SMILES string of the molecule is CC1CN(C(=O)c2ccc(C#CCN)s2)CC(C)(C)O1. The number of carbonyl (C=O) groups excluding carboxylic acids is 1. The zero-order chi connectivity index (χ0) is 14.8. The van der Waals surface area contributed by atoms with Crippen molar-refractivity contribution in [3.05, 3.63) is 21.9 Å². The van der Waals surface area contributed by atoms with Crippen LogP contribution in [-0.4, -0.2) is 42.1 Å². The van der Waals surface area contributed by atoms with E-state index in [1.54, 1.807) is 0 Å². The van der Waals surface area contributed by atoms with Crippen molar-refractivity contribution in [3.63, 3.8) is 0 Å². The average molecular weight is 292 g/mol. The van der Waals surface area contributed by atoms with Crippen molar-refractivity contribution >= 4 is 17.2 Å². The zero-order valence-corrected chi connectivity index (χ0v) is 12.9. The standard InChI is InChI=1S/C15H20N2O2S/c1-11-9-17(10-15(2,3)19-11)14(18)13-7-6-12(20-13)5-4-8-16/h6-7,11H,8-10,16H2,1-3H3. The largest absolute Gasteiger partial charge is 0.369 e. The predicted molar refractivity (Wildman–Crippen MR) is 80.8 cm³/mol. The molecule has 1 aliphatic rings. The highest BCUT2D eigenvalue weighted by molar-refractivity contribution is 7.14. The number of thiophene rings is 1. The maximum Gasteiger partial charge on any atom is 0.264 e. The Morgan fingerprint density at radius 3 is 3.00 bits per heavy atom. The van der Waals surface area contributed by atoms with E-state index in [1.165, 1.54) is 11.3 Å². The van der Waals surface area contributed by atoms with Gasteiger partial charge < -0.3 is 15.4 Å². The minimum Gasteiger partial charge on any atom is -0.369 e. The third-order valence-electron chi connectivity index (χ3n) is 2.99. The molecule has 0 saturated carbocycles. The van der Waals surface area contributed by atoms with Gasteiger partial charge in [0.15, 0.2) is 0 Å². The fraction of sp³-hybridized carbons (Fsp3) is 0.533. The van der Waals surface area contributed by atoms with E-state index in [1.807, 2.05) is 37.8 Å². The second-order valence-electron chi connectivity index (χ2n) is 5.54. The van der Waals surface area contributed by atoms with E-state index < -0.39 is 0 Å². The van der Waals surface area contributed by atoms with Gasteiger partial charge in [-0.2, -0.15) is 0 Å². The van der Waals surface area contributed by atoms with Gasteiger partial charge in [0.25, 0.3) is 5.91 Å². The van der Waals surface area contributed by atoms with Crippen LogP contribution in [0.5, 0.6) is 0 Å². The van der Waals surface area contributed by atoms with Crippen LogP contribution in [0, 0.1) is 11.8 Å². The molecule has 2 heterocycles. The van der Waals surface area contributed by atoms with Crippen molar-refractivity contribution in [1.29, 1.82) is 0 Å². The van der Waals surface area contributed by atoms with Crippen LogP contribution < -0.4 is 5.73 Å². The summed E-state index contributed by atoms with van der Waals surface area (Å²) in [6, 6.07) is 3.70. The number of ether oxygens (including phenoxy) is 1. The minimum absolute atomic E-state index is 0.0547. The Labute approximate surface area is 123 Å². The lowest BCUT2D eigenvalue weighted by Crippen LogP contribution is -2.53. The number of rotatable bonds is 1. The van der Waals surface area contributed by atoms with E-state index in [4.69, 9.17) is 10.5 Å². The summed E-state index contributed by atoms with van der Waals surface area (Å²) in [7, 11) is 0. The molecule has 2 rings (SSSR count). The third kappa shape index (κ3) is 3.60. The molecule has 1 aromatic rings. The average Bonchev–Trinajstić information content (AvgIpc) is 2.81. The van der Waals surface area contributed by atoms with E-state index >= 15 is 0 Å². The molecular formula is C15H20N2O2S. The molecule has 108 valence electrons. The summed E-state index contributed by atoms with van der Waals surface area (Å²) >= 11 is 1.41. The molecule has 1 fully saturated rings. The van der Waals surface area contributed by atoms with Crippen LogP contribution in [0.1, 0.15) is 35.3 Å². The van der Waals surface area contributed by atoms with Gasteiger partial charge in [-0.25, -0.2) is 0 Å². The van der Waals surface area contributed by atoms with E-state index in [0.29, 0.717) is 19.6 Å². The van der Waals surface area contributed by atoms with Gasteiger partial charge in [-0.15, -0.1) is 11.3 Å². The van der Waals surface area contributed by atoms with Crippen molar-refractivity contribution in [2.75, 3.05) is 19.6 Å². The van der Waals surface area contributed by atoms with Crippen molar-refractivity contribution in [2.45, 2.75) is 32.5 Å².